The van der Waals surface area contributed by atoms with Gasteiger partial charge < -0.3 is 29.7 Å². The maximum absolute atomic E-state index is 9.85. The fourth-order valence-corrected chi connectivity index (χ4v) is 2.09. The van der Waals surface area contributed by atoms with Crippen LogP contribution in [0.5, 0.6) is 0 Å². The van der Waals surface area contributed by atoms with E-state index in [0.717, 1.165) is 77.0 Å². The van der Waals surface area contributed by atoms with Gasteiger partial charge in [-0.2, -0.15) is 0 Å². The standard InChI is InChI=1S/3C7H14O2.Ga/c3*1-2-3-4-5-6-7(8)9;/h3*2-6H2,1H3,(H,8,9);/q;;;+3/p-3. The first-order valence-corrected chi connectivity index (χ1v) is 10.4. The molecule has 0 atom stereocenters. The van der Waals surface area contributed by atoms with Gasteiger partial charge in [0, 0.05) is 17.9 Å². The van der Waals surface area contributed by atoms with Crippen LogP contribution in [-0.2, 0) is 14.4 Å². The second kappa shape index (κ2) is 30.8. The van der Waals surface area contributed by atoms with Crippen LogP contribution in [0.3, 0.4) is 0 Å². The largest absolute Gasteiger partial charge is 3.00 e. The number of carbonyl (C=O) groups excluding carboxylic acids is 3. The molecule has 0 heterocycles. The molecule has 0 saturated carbocycles. The predicted octanol–water partition coefficient (Wildman–Crippen LogP) is 1.74. The molecule has 0 aliphatic rings. The van der Waals surface area contributed by atoms with Gasteiger partial charge in [0.15, 0.2) is 0 Å². The Morgan fingerprint density at radius 3 is 0.821 bits per heavy atom. The Hall–Kier alpha value is -0.954. The fraction of sp³-hybridized carbons (Fsp3) is 0.857. The molecule has 0 bridgehead atoms. The van der Waals surface area contributed by atoms with Crippen molar-refractivity contribution in [2.24, 2.45) is 0 Å². The summed E-state index contributed by atoms with van der Waals surface area (Å²) >= 11 is 0. The van der Waals surface area contributed by atoms with Gasteiger partial charge in [-0.3, -0.25) is 0 Å². The van der Waals surface area contributed by atoms with Gasteiger partial charge in [0.05, 0.1) is 0 Å². The zero-order valence-electron chi connectivity index (χ0n) is 18.1. The molecule has 0 spiro atoms. The minimum atomic E-state index is -0.925. The van der Waals surface area contributed by atoms with Crippen LogP contribution in [0.15, 0.2) is 0 Å². The van der Waals surface area contributed by atoms with Gasteiger partial charge in [0.1, 0.15) is 0 Å². The minimum absolute atomic E-state index is 0. The maximum atomic E-state index is 9.85. The molecule has 0 aromatic carbocycles. The topological polar surface area (TPSA) is 120 Å². The van der Waals surface area contributed by atoms with Crippen LogP contribution < -0.4 is 15.3 Å². The molecule has 0 aromatic heterocycles. The maximum Gasteiger partial charge on any atom is 3.00 e. The van der Waals surface area contributed by atoms with Crippen molar-refractivity contribution in [3.63, 3.8) is 0 Å². The van der Waals surface area contributed by atoms with Crippen molar-refractivity contribution in [3.05, 3.63) is 0 Å². The van der Waals surface area contributed by atoms with E-state index in [1.807, 2.05) is 0 Å². The average molecular weight is 457 g/mol. The second-order valence-electron chi connectivity index (χ2n) is 6.55. The van der Waals surface area contributed by atoms with Crippen molar-refractivity contribution in [3.8, 4) is 0 Å². The monoisotopic (exact) mass is 456 g/mol. The Morgan fingerprint density at radius 1 is 0.464 bits per heavy atom. The van der Waals surface area contributed by atoms with Gasteiger partial charge in [0.2, 0.25) is 0 Å². The zero-order valence-corrected chi connectivity index (χ0v) is 20.6. The molecule has 0 N–H and O–H groups in total. The zero-order chi connectivity index (χ0) is 21.3. The van der Waals surface area contributed by atoms with E-state index in [1.54, 1.807) is 0 Å². The first-order valence-electron chi connectivity index (χ1n) is 10.4. The van der Waals surface area contributed by atoms with Gasteiger partial charge in [-0.15, -0.1) is 0 Å². The summed E-state index contributed by atoms with van der Waals surface area (Å²) in [6.45, 7) is 6.29. The van der Waals surface area contributed by atoms with Crippen molar-refractivity contribution >= 4 is 37.7 Å². The number of rotatable bonds is 15. The van der Waals surface area contributed by atoms with Crippen LogP contribution in [-0.4, -0.2) is 37.7 Å². The third-order valence-electron chi connectivity index (χ3n) is 3.70. The number of aliphatic carboxylic acids is 3. The van der Waals surface area contributed by atoms with Crippen molar-refractivity contribution in [1.29, 1.82) is 0 Å². The minimum Gasteiger partial charge on any atom is -0.550 e. The molecule has 0 saturated heterocycles. The summed E-state index contributed by atoms with van der Waals surface area (Å²) < 4.78 is 0. The van der Waals surface area contributed by atoms with Crippen LogP contribution in [0, 0.1) is 0 Å². The van der Waals surface area contributed by atoms with E-state index in [1.165, 1.54) is 0 Å². The van der Waals surface area contributed by atoms with Crippen molar-refractivity contribution in [2.45, 2.75) is 117 Å². The van der Waals surface area contributed by atoms with Crippen LogP contribution in [0.25, 0.3) is 0 Å². The van der Waals surface area contributed by atoms with E-state index in [-0.39, 0.29) is 39.1 Å². The summed E-state index contributed by atoms with van der Waals surface area (Å²) in [5.41, 5.74) is 0. The fourth-order valence-electron chi connectivity index (χ4n) is 2.09. The van der Waals surface area contributed by atoms with Gasteiger partial charge in [-0.05, 0) is 38.5 Å². The van der Waals surface area contributed by atoms with Crippen LogP contribution >= 0.6 is 0 Å². The van der Waals surface area contributed by atoms with E-state index in [4.69, 9.17) is 0 Å². The van der Waals surface area contributed by atoms with E-state index in [9.17, 15) is 29.7 Å². The second-order valence-corrected chi connectivity index (χ2v) is 6.55. The summed E-state index contributed by atoms with van der Waals surface area (Å²) in [7, 11) is 0. The quantitative estimate of drug-likeness (QED) is 0.273. The Labute approximate surface area is 184 Å². The molecule has 0 aromatic rings. The van der Waals surface area contributed by atoms with E-state index in [2.05, 4.69) is 20.8 Å². The van der Waals surface area contributed by atoms with Crippen LogP contribution in [0.4, 0.5) is 0 Å². The molecule has 162 valence electrons. The number of unbranched alkanes of at least 4 members (excludes halogenated alkanes) is 9. The third-order valence-corrected chi connectivity index (χ3v) is 3.70. The van der Waals surface area contributed by atoms with Crippen molar-refractivity contribution in [2.75, 3.05) is 0 Å². The van der Waals surface area contributed by atoms with E-state index >= 15 is 0 Å². The molecular weight excluding hydrogens is 418 g/mol. The summed E-state index contributed by atoms with van der Waals surface area (Å²) in [6, 6.07) is 0. The first kappa shape index (κ1) is 34.5. The molecule has 0 aliphatic carbocycles. The summed E-state index contributed by atoms with van der Waals surface area (Å²) in [5.74, 6) is -2.77. The van der Waals surface area contributed by atoms with E-state index < -0.39 is 17.9 Å². The molecule has 0 rings (SSSR count). The Kier molecular flexibility index (Phi) is 38.0. The molecule has 0 aliphatic heterocycles. The summed E-state index contributed by atoms with van der Waals surface area (Å²) in [5, 5.41) is 29.6. The number of carboxylic acids is 3. The smallest absolute Gasteiger partial charge is 0.550 e. The van der Waals surface area contributed by atoms with Crippen LogP contribution in [0.2, 0.25) is 0 Å². The summed E-state index contributed by atoms with van der Waals surface area (Å²) in [4.78, 5) is 29.6. The molecular formula is C21H39GaO6. The molecule has 0 radical (unpaired) electrons. The van der Waals surface area contributed by atoms with Crippen LogP contribution in [0.1, 0.15) is 117 Å². The molecule has 0 amide bonds. The van der Waals surface area contributed by atoms with Gasteiger partial charge in [0.25, 0.3) is 0 Å². The van der Waals surface area contributed by atoms with E-state index in [0.29, 0.717) is 0 Å². The third kappa shape index (κ3) is 49.8. The molecule has 0 unspecified atom stereocenters. The first-order chi connectivity index (χ1) is 12.8. The Balaban J connectivity index is -0.000000152. The Bertz CT molecular complexity index is 295. The Morgan fingerprint density at radius 2 is 0.679 bits per heavy atom. The molecule has 6 nitrogen and oxygen atoms in total. The van der Waals surface area contributed by atoms with Gasteiger partial charge >= 0.3 is 19.8 Å². The number of carboxylic acid groups (broad SMARTS) is 3. The SMILES string of the molecule is CCCCCCC(=O)[O-].CCCCCCC(=O)[O-].CCCCCCC(=O)[O-].[Ga+3]. The van der Waals surface area contributed by atoms with Crippen molar-refractivity contribution < 1.29 is 29.7 Å². The van der Waals surface area contributed by atoms with Gasteiger partial charge in [-0.25, -0.2) is 0 Å². The predicted molar refractivity (Wildman–Crippen MR) is 107 cm³/mol. The average Bonchev–Trinajstić information content (AvgIpc) is 2.60. The molecule has 7 heteroatoms. The molecule has 0 fully saturated rings. The molecule has 28 heavy (non-hydrogen) atoms. The number of hydrogen-bond acceptors (Lipinski definition) is 6. The summed E-state index contributed by atoms with van der Waals surface area (Å²) in [6.07, 6.45) is 12.9. The van der Waals surface area contributed by atoms with Crippen molar-refractivity contribution in [1.82, 2.24) is 0 Å². The number of hydrogen-bond donors (Lipinski definition) is 0. The van der Waals surface area contributed by atoms with Gasteiger partial charge in [-0.1, -0.05) is 78.6 Å². The normalized spacial score (nSPS) is 9.11. The number of carbonyl (C=O) groups is 3.